The molecule has 0 aliphatic heterocycles. The fourth-order valence-electron chi connectivity index (χ4n) is 3.56. The van der Waals surface area contributed by atoms with Gasteiger partial charge in [-0.3, -0.25) is 9.36 Å². The Kier molecular flexibility index (Phi) is 7.58. The van der Waals surface area contributed by atoms with Gasteiger partial charge in [0.25, 0.3) is 5.56 Å². The van der Waals surface area contributed by atoms with Crippen LogP contribution in [0, 0.1) is 0 Å². The van der Waals surface area contributed by atoms with Crippen LogP contribution in [0.15, 0.2) is 9.95 Å². The number of fused-ring (bicyclic) bond motifs is 3. The van der Waals surface area contributed by atoms with Crippen LogP contribution in [-0.4, -0.2) is 36.5 Å². The maximum Gasteiger partial charge on any atom is 0.263 e. The standard InChI is InChI=1S/C19H29N3O3S3/c1-3-4-5-6-12-22-18(23)16-14-9-7-10-15(14)27-17(16)21-19(22)26-13-8-11-20-28(2,24)25/h20H,3-13H2,1-2H3. The highest BCUT2D eigenvalue weighted by Gasteiger charge is 2.23. The van der Waals surface area contributed by atoms with E-state index in [1.165, 1.54) is 29.5 Å². The number of thiophene rings is 1. The van der Waals surface area contributed by atoms with Crippen molar-refractivity contribution in [3.05, 3.63) is 20.8 Å². The molecule has 28 heavy (non-hydrogen) atoms. The molecule has 1 aliphatic carbocycles. The van der Waals surface area contributed by atoms with Gasteiger partial charge in [-0.1, -0.05) is 37.9 Å². The quantitative estimate of drug-likeness (QED) is 0.326. The minimum absolute atomic E-state index is 0.109. The van der Waals surface area contributed by atoms with Crippen LogP contribution >= 0.6 is 23.1 Å². The summed E-state index contributed by atoms with van der Waals surface area (Å²) in [5.74, 6) is 0.723. The topological polar surface area (TPSA) is 81.1 Å². The van der Waals surface area contributed by atoms with Crippen LogP contribution in [0.3, 0.4) is 0 Å². The van der Waals surface area contributed by atoms with Crippen LogP contribution in [0.5, 0.6) is 0 Å². The smallest absolute Gasteiger partial charge is 0.263 e. The lowest BCUT2D eigenvalue weighted by Crippen LogP contribution is -2.24. The maximum absolute atomic E-state index is 13.3. The molecule has 0 amide bonds. The van der Waals surface area contributed by atoms with Crippen LogP contribution in [0.2, 0.25) is 0 Å². The second-order valence-corrected chi connectivity index (χ2v) is 11.3. The first-order valence-electron chi connectivity index (χ1n) is 10.0. The first kappa shape index (κ1) is 21.8. The van der Waals surface area contributed by atoms with E-state index < -0.39 is 10.0 Å². The zero-order chi connectivity index (χ0) is 20.1. The SMILES string of the molecule is CCCCCCn1c(SCCCNS(C)(=O)=O)nc2sc3c(c2c1=O)CCC3. The summed E-state index contributed by atoms with van der Waals surface area (Å²) >= 11 is 3.23. The van der Waals surface area contributed by atoms with E-state index in [0.29, 0.717) is 19.5 Å². The Labute approximate surface area is 175 Å². The van der Waals surface area contributed by atoms with Crippen molar-refractivity contribution in [1.82, 2.24) is 14.3 Å². The molecule has 156 valence electrons. The lowest BCUT2D eigenvalue weighted by molar-refractivity contribution is 0.531. The van der Waals surface area contributed by atoms with E-state index in [4.69, 9.17) is 4.98 Å². The zero-order valence-electron chi connectivity index (χ0n) is 16.6. The third-order valence-electron chi connectivity index (χ3n) is 4.94. The van der Waals surface area contributed by atoms with Crippen LogP contribution in [0.4, 0.5) is 0 Å². The second-order valence-electron chi connectivity index (χ2n) is 7.32. The molecule has 0 atom stereocenters. The van der Waals surface area contributed by atoms with Gasteiger partial charge in [0.15, 0.2) is 5.16 Å². The second kappa shape index (κ2) is 9.73. The number of hydrogen-bond acceptors (Lipinski definition) is 6. The molecule has 0 saturated carbocycles. The molecule has 9 heteroatoms. The molecule has 0 bridgehead atoms. The average molecular weight is 444 g/mol. The first-order chi connectivity index (χ1) is 13.4. The Morgan fingerprint density at radius 1 is 1.21 bits per heavy atom. The molecule has 0 spiro atoms. The minimum atomic E-state index is -3.16. The fraction of sp³-hybridized carbons (Fsp3) is 0.684. The van der Waals surface area contributed by atoms with Gasteiger partial charge >= 0.3 is 0 Å². The van der Waals surface area contributed by atoms with Crippen LogP contribution in [0.25, 0.3) is 10.2 Å². The lowest BCUT2D eigenvalue weighted by atomic mass is 10.2. The maximum atomic E-state index is 13.3. The van der Waals surface area contributed by atoms with Gasteiger partial charge in [0.1, 0.15) is 4.83 Å². The summed E-state index contributed by atoms with van der Waals surface area (Å²) in [4.78, 5) is 20.3. The summed E-state index contributed by atoms with van der Waals surface area (Å²) in [7, 11) is -3.16. The van der Waals surface area contributed by atoms with E-state index >= 15 is 0 Å². The van der Waals surface area contributed by atoms with Crippen LogP contribution in [0.1, 0.15) is 55.9 Å². The van der Waals surface area contributed by atoms with Gasteiger partial charge in [-0.15, -0.1) is 11.3 Å². The highest BCUT2D eigenvalue weighted by atomic mass is 32.2. The molecular weight excluding hydrogens is 414 g/mol. The minimum Gasteiger partial charge on any atom is -0.287 e. The van der Waals surface area contributed by atoms with E-state index in [1.807, 2.05) is 4.57 Å². The number of nitrogens with one attached hydrogen (secondary N) is 1. The van der Waals surface area contributed by atoms with E-state index in [9.17, 15) is 13.2 Å². The Bertz CT molecular complexity index is 980. The number of aromatic nitrogens is 2. The molecule has 2 heterocycles. The van der Waals surface area contributed by atoms with Crippen LogP contribution in [-0.2, 0) is 29.4 Å². The third-order valence-corrected chi connectivity index (χ3v) is 7.92. The average Bonchev–Trinajstić information content (AvgIpc) is 3.20. The van der Waals surface area contributed by atoms with Gasteiger partial charge in [-0.05, 0) is 37.7 Å². The number of thioether (sulfide) groups is 1. The number of sulfonamides is 1. The summed E-state index contributed by atoms with van der Waals surface area (Å²) in [5.41, 5.74) is 1.34. The van der Waals surface area contributed by atoms with Gasteiger partial charge < -0.3 is 0 Å². The number of nitrogens with zero attached hydrogens (tertiary/aromatic N) is 2. The summed E-state index contributed by atoms with van der Waals surface area (Å²) in [5, 5.41) is 1.62. The molecule has 0 unspecified atom stereocenters. The van der Waals surface area contributed by atoms with E-state index in [1.54, 1.807) is 23.1 Å². The predicted octanol–water partition coefficient (Wildman–Crippen LogP) is 3.56. The zero-order valence-corrected chi connectivity index (χ0v) is 19.1. The normalized spacial score (nSPS) is 14.1. The molecule has 2 aromatic rings. The molecule has 0 saturated heterocycles. The molecular formula is C19H29N3O3S3. The highest BCUT2D eigenvalue weighted by molar-refractivity contribution is 7.99. The third kappa shape index (κ3) is 5.37. The van der Waals surface area contributed by atoms with Gasteiger partial charge in [0, 0.05) is 23.7 Å². The molecule has 0 aromatic carbocycles. The number of aryl methyl sites for hydroxylation is 2. The van der Waals surface area contributed by atoms with Crippen molar-refractivity contribution in [2.75, 3.05) is 18.6 Å². The van der Waals surface area contributed by atoms with E-state index in [2.05, 4.69) is 11.6 Å². The molecule has 2 aromatic heterocycles. The lowest BCUT2D eigenvalue weighted by Gasteiger charge is -2.12. The van der Waals surface area contributed by atoms with E-state index in [0.717, 1.165) is 53.2 Å². The Balaban J connectivity index is 1.79. The fourth-order valence-corrected chi connectivity index (χ4v) is 6.34. The van der Waals surface area contributed by atoms with E-state index in [-0.39, 0.29) is 5.56 Å². The highest BCUT2D eigenvalue weighted by Crippen LogP contribution is 2.35. The molecule has 0 radical (unpaired) electrons. The first-order valence-corrected chi connectivity index (χ1v) is 13.7. The van der Waals surface area contributed by atoms with Crippen molar-refractivity contribution in [3.63, 3.8) is 0 Å². The van der Waals surface area contributed by atoms with Crippen molar-refractivity contribution < 1.29 is 8.42 Å². The Hall–Kier alpha value is -0.900. The number of hydrogen-bond donors (Lipinski definition) is 1. The summed E-state index contributed by atoms with van der Waals surface area (Å²) in [6.45, 7) is 3.29. The van der Waals surface area contributed by atoms with Gasteiger partial charge in [0.05, 0.1) is 11.6 Å². The van der Waals surface area contributed by atoms with Crippen molar-refractivity contribution in [2.45, 2.75) is 70.0 Å². The molecule has 1 N–H and O–H groups in total. The van der Waals surface area contributed by atoms with Crippen molar-refractivity contribution in [3.8, 4) is 0 Å². The molecule has 1 aliphatic rings. The molecule has 0 fully saturated rings. The Morgan fingerprint density at radius 2 is 2.04 bits per heavy atom. The molecule has 6 nitrogen and oxygen atoms in total. The van der Waals surface area contributed by atoms with Gasteiger partial charge in [0.2, 0.25) is 10.0 Å². The van der Waals surface area contributed by atoms with Gasteiger partial charge in [-0.25, -0.2) is 18.1 Å². The van der Waals surface area contributed by atoms with Gasteiger partial charge in [-0.2, -0.15) is 0 Å². The monoisotopic (exact) mass is 443 g/mol. The number of unbranched alkanes of at least 4 members (excludes halogenated alkanes) is 3. The summed E-state index contributed by atoms with van der Waals surface area (Å²) in [6.07, 6.45) is 9.50. The summed E-state index contributed by atoms with van der Waals surface area (Å²) < 4.78 is 26.7. The van der Waals surface area contributed by atoms with Crippen LogP contribution < -0.4 is 10.3 Å². The van der Waals surface area contributed by atoms with Crippen molar-refractivity contribution >= 4 is 43.3 Å². The largest absolute Gasteiger partial charge is 0.287 e. The predicted molar refractivity (Wildman–Crippen MR) is 118 cm³/mol. The molecule has 3 rings (SSSR count). The Morgan fingerprint density at radius 3 is 2.79 bits per heavy atom. The number of rotatable bonds is 11. The van der Waals surface area contributed by atoms with Crippen molar-refractivity contribution in [2.24, 2.45) is 0 Å². The summed E-state index contributed by atoms with van der Waals surface area (Å²) in [6, 6.07) is 0. The van der Waals surface area contributed by atoms with Crippen molar-refractivity contribution in [1.29, 1.82) is 0 Å².